The molecule has 6 nitrogen and oxygen atoms in total. The van der Waals surface area contributed by atoms with E-state index in [1.54, 1.807) is 0 Å². The first-order valence-corrected chi connectivity index (χ1v) is 10.4. The van der Waals surface area contributed by atoms with Crippen LogP contribution in [-0.2, 0) is 4.79 Å². The van der Waals surface area contributed by atoms with E-state index in [0.29, 0.717) is 25.7 Å². The van der Waals surface area contributed by atoms with E-state index in [-0.39, 0.29) is 24.9 Å². The Kier molecular flexibility index (Phi) is 9.75. The average molecular weight is 395 g/mol. The Labute approximate surface area is 167 Å². The molecule has 0 aliphatic heterocycles. The second kappa shape index (κ2) is 12.0. The molecule has 0 spiro atoms. The van der Waals surface area contributed by atoms with Crippen LogP contribution in [0, 0.1) is 11.8 Å². The number of para-hydroxylation sites is 1. The number of carboxylic acids is 1. The number of carbonyl (C=O) groups is 1. The predicted molar refractivity (Wildman–Crippen MR) is 106 cm³/mol. The van der Waals surface area contributed by atoms with Gasteiger partial charge in [-0.1, -0.05) is 37.5 Å². The van der Waals surface area contributed by atoms with Gasteiger partial charge in [0.05, 0.1) is 18.3 Å². The largest absolute Gasteiger partial charge is 0.491 e. The summed E-state index contributed by atoms with van der Waals surface area (Å²) in [6, 6.07) is 9.35. The molecule has 1 saturated carbocycles. The van der Waals surface area contributed by atoms with Gasteiger partial charge >= 0.3 is 5.97 Å². The lowest BCUT2D eigenvalue weighted by Crippen LogP contribution is -2.25. The highest BCUT2D eigenvalue weighted by Crippen LogP contribution is 2.39. The monoisotopic (exact) mass is 394 g/mol. The molecular formula is C22H34O6. The summed E-state index contributed by atoms with van der Waals surface area (Å²) >= 11 is 0. The third-order valence-corrected chi connectivity index (χ3v) is 5.72. The van der Waals surface area contributed by atoms with Crippen molar-refractivity contribution < 1.29 is 30.0 Å². The summed E-state index contributed by atoms with van der Waals surface area (Å²) < 4.78 is 5.57. The maximum absolute atomic E-state index is 10.5. The first-order valence-electron chi connectivity index (χ1n) is 10.4. The van der Waals surface area contributed by atoms with Crippen LogP contribution in [0.3, 0.4) is 0 Å². The van der Waals surface area contributed by atoms with Gasteiger partial charge in [-0.3, -0.25) is 4.79 Å². The predicted octanol–water partition coefficient (Wildman–Crippen LogP) is 2.99. The Bertz CT molecular complexity index is 563. The molecule has 5 atom stereocenters. The number of unbranched alkanes of at least 4 members (excludes halogenated alkanes) is 3. The van der Waals surface area contributed by atoms with E-state index in [9.17, 15) is 20.1 Å². The van der Waals surface area contributed by atoms with Gasteiger partial charge in [0.1, 0.15) is 12.4 Å². The van der Waals surface area contributed by atoms with Crippen molar-refractivity contribution >= 4 is 5.97 Å². The number of hydrogen-bond donors (Lipinski definition) is 4. The van der Waals surface area contributed by atoms with Crippen molar-refractivity contribution in [2.75, 3.05) is 6.61 Å². The first kappa shape index (κ1) is 22.7. The number of aliphatic hydroxyl groups is 3. The van der Waals surface area contributed by atoms with Crippen molar-refractivity contribution in [1.82, 2.24) is 0 Å². The Morgan fingerprint density at radius 3 is 2.32 bits per heavy atom. The van der Waals surface area contributed by atoms with Gasteiger partial charge in [0.15, 0.2) is 0 Å². The van der Waals surface area contributed by atoms with Crippen LogP contribution in [0.1, 0.15) is 57.8 Å². The average Bonchev–Trinajstić information content (AvgIpc) is 2.94. The molecule has 1 fully saturated rings. The summed E-state index contributed by atoms with van der Waals surface area (Å²) in [5, 5.41) is 39.5. The quantitative estimate of drug-likeness (QED) is 0.383. The van der Waals surface area contributed by atoms with Crippen molar-refractivity contribution in [3.05, 3.63) is 30.3 Å². The van der Waals surface area contributed by atoms with Crippen LogP contribution in [0.25, 0.3) is 0 Å². The third-order valence-electron chi connectivity index (χ3n) is 5.72. The van der Waals surface area contributed by atoms with Crippen LogP contribution < -0.4 is 4.74 Å². The molecule has 1 aliphatic carbocycles. The lowest BCUT2D eigenvalue weighted by Gasteiger charge is -2.24. The molecule has 1 aliphatic rings. The molecule has 1 aromatic rings. The van der Waals surface area contributed by atoms with Crippen molar-refractivity contribution in [2.45, 2.75) is 76.1 Å². The molecule has 0 amide bonds. The van der Waals surface area contributed by atoms with E-state index in [4.69, 9.17) is 9.84 Å². The van der Waals surface area contributed by atoms with Crippen LogP contribution in [0.5, 0.6) is 5.75 Å². The summed E-state index contributed by atoms with van der Waals surface area (Å²) in [6.45, 7) is 0.212. The SMILES string of the molecule is O=C(O)CCCCCC[C@@H]1[C@@H](CCC(O)COc2ccccc2)[C@H](O)C[C@@H]1O. The molecule has 4 N–H and O–H groups in total. The van der Waals surface area contributed by atoms with Gasteiger partial charge in [0.2, 0.25) is 0 Å². The molecule has 28 heavy (non-hydrogen) atoms. The second-order valence-corrected chi connectivity index (χ2v) is 7.90. The van der Waals surface area contributed by atoms with E-state index in [0.717, 1.165) is 31.4 Å². The lowest BCUT2D eigenvalue weighted by molar-refractivity contribution is -0.137. The van der Waals surface area contributed by atoms with Gasteiger partial charge in [-0.05, 0) is 56.1 Å². The molecule has 0 bridgehead atoms. The number of benzene rings is 1. The molecule has 158 valence electrons. The van der Waals surface area contributed by atoms with E-state index < -0.39 is 24.3 Å². The number of aliphatic hydroxyl groups excluding tert-OH is 3. The van der Waals surface area contributed by atoms with Crippen LogP contribution in [0.4, 0.5) is 0 Å². The zero-order chi connectivity index (χ0) is 20.4. The Hall–Kier alpha value is -1.63. The highest BCUT2D eigenvalue weighted by Gasteiger charge is 2.40. The van der Waals surface area contributed by atoms with E-state index in [2.05, 4.69) is 0 Å². The van der Waals surface area contributed by atoms with Crippen molar-refractivity contribution in [1.29, 1.82) is 0 Å². The molecule has 2 rings (SSSR count). The van der Waals surface area contributed by atoms with Crippen LogP contribution in [0.2, 0.25) is 0 Å². The summed E-state index contributed by atoms with van der Waals surface area (Å²) in [7, 11) is 0. The van der Waals surface area contributed by atoms with Crippen molar-refractivity contribution in [3.8, 4) is 5.75 Å². The zero-order valence-corrected chi connectivity index (χ0v) is 16.4. The van der Waals surface area contributed by atoms with Gasteiger partial charge in [-0.15, -0.1) is 0 Å². The molecule has 1 aromatic carbocycles. The molecule has 1 unspecified atom stereocenters. The molecular weight excluding hydrogens is 360 g/mol. The molecule has 6 heteroatoms. The highest BCUT2D eigenvalue weighted by atomic mass is 16.5. The Balaban J connectivity index is 1.69. The fourth-order valence-corrected chi connectivity index (χ4v) is 4.17. The minimum absolute atomic E-state index is 0.0135. The lowest BCUT2D eigenvalue weighted by atomic mass is 9.85. The van der Waals surface area contributed by atoms with Gasteiger partial charge in [0.25, 0.3) is 0 Å². The van der Waals surface area contributed by atoms with Crippen molar-refractivity contribution in [3.63, 3.8) is 0 Å². The Morgan fingerprint density at radius 1 is 1.00 bits per heavy atom. The minimum atomic E-state index is -0.760. The fourth-order valence-electron chi connectivity index (χ4n) is 4.17. The van der Waals surface area contributed by atoms with Crippen LogP contribution in [0.15, 0.2) is 30.3 Å². The number of ether oxygens (including phenoxy) is 1. The van der Waals surface area contributed by atoms with E-state index in [1.807, 2.05) is 30.3 Å². The molecule has 0 aromatic heterocycles. The summed E-state index contributed by atoms with van der Waals surface area (Å²) in [5.74, 6) is -0.0139. The summed E-state index contributed by atoms with van der Waals surface area (Å²) in [6.07, 6.45) is 4.37. The van der Waals surface area contributed by atoms with E-state index in [1.165, 1.54) is 0 Å². The van der Waals surface area contributed by atoms with Gasteiger partial charge in [-0.25, -0.2) is 0 Å². The molecule has 0 saturated heterocycles. The van der Waals surface area contributed by atoms with Gasteiger partial charge in [0, 0.05) is 6.42 Å². The smallest absolute Gasteiger partial charge is 0.303 e. The van der Waals surface area contributed by atoms with Crippen LogP contribution in [-0.4, -0.2) is 51.3 Å². The Morgan fingerprint density at radius 2 is 1.64 bits per heavy atom. The number of rotatable bonds is 13. The first-order chi connectivity index (χ1) is 13.5. The summed E-state index contributed by atoms with van der Waals surface area (Å²) in [5.41, 5.74) is 0. The van der Waals surface area contributed by atoms with E-state index >= 15 is 0 Å². The summed E-state index contributed by atoms with van der Waals surface area (Å²) in [4.78, 5) is 10.5. The third kappa shape index (κ3) is 7.78. The zero-order valence-electron chi connectivity index (χ0n) is 16.4. The maximum Gasteiger partial charge on any atom is 0.303 e. The van der Waals surface area contributed by atoms with Crippen LogP contribution >= 0.6 is 0 Å². The molecule has 0 radical (unpaired) electrons. The number of hydrogen-bond acceptors (Lipinski definition) is 5. The topological polar surface area (TPSA) is 107 Å². The maximum atomic E-state index is 10.5. The normalized spacial score (nSPS) is 25.5. The number of carboxylic acid groups (broad SMARTS) is 1. The fraction of sp³-hybridized carbons (Fsp3) is 0.682. The van der Waals surface area contributed by atoms with Gasteiger partial charge in [-0.2, -0.15) is 0 Å². The van der Waals surface area contributed by atoms with Crippen molar-refractivity contribution in [2.24, 2.45) is 11.8 Å². The molecule has 0 heterocycles. The second-order valence-electron chi connectivity index (χ2n) is 7.90. The highest BCUT2D eigenvalue weighted by molar-refractivity contribution is 5.66. The number of aliphatic carboxylic acids is 1. The standard InChI is InChI=1S/C22H34O6/c23-16(15-28-17-8-4-3-5-9-17)12-13-19-18(20(24)14-21(19)25)10-6-1-2-7-11-22(26)27/h3-5,8-9,16,18-21,23-25H,1-2,6-7,10-15H2,(H,26,27)/t16?,18-,19-,20+,21-/m1/s1. The minimum Gasteiger partial charge on any atom is -0.491 e. The van der Waals surface area contributed by atoms with Gasteiger partial charge < -0.3 is 25.2 Å².